The van der Waals surface area contributed by atoms with Gasteiger partial charge in [0.1, 0.15) is 5.78 Å². The van der Waals surface area contributed by atoms with Gasteiger partial charge in [-0.15, -0.1) is 0 Å². The quantitative estimate of drug-likeness (QED) is 0.617. The summed E-state index contributed by atoms with van der Waals surface area (Å²) in [6.07, 6.45) is 15.1. The van der Waals surface area contributed by atoms with Crippen molar-refractivity contribution in [3.05, 3.63) is 0 Å². The highest BCUT2D eigenvalue weighted by Crippen LogP contribution is 2.89. The molecule has 0 aromatic carbocycles. The molecule has 5 saturated carbocycles. The van der Waals surface area contributed by atoms with Gasteiger partial charge in [-0.05, 0) is 67.6 Å². The molecule has 0 saturated heterocycles. The number of rotatable bonds is 0. The van der Waals surface area contributed by atoms with Crippen LogP contribution >= 0.6 is 0 Å². The first-order valence-corrected chi connectivity index (χ1v) is 7.74. The lowest BCUT2D eigenvalue weighted by atomic mass is 9.18. The van der Waals surface area contributed by atoms with Crippen LogP contribution in [0, 0.1) is 21.7 Å². The molecule has 5 aliphatic carbocycles. The average molecular weight is 230 g/mol. The van der Waals surface area contributed by atoms with E-state index in [1.165, 1.54) is 64.2 Å². The summed E-state index contributed by atoms with van der Waals surface area (Å²) in [4.78, 5) is 12.2. The normalized spacial score (nSPS) is 51.6. The van der Waals surface area contributed by atoms with Crippen LogP contribution in [0.2, 0.25) is 0 Å². The molecule has 0 N–H and O–H groups in total. The fourth-order valence-electron chi connectivity index (χ4n) is 6.99. The fourth-order valence-corrected chi connectivity index (χ4v) is 6.99. The monoisotopic (exact) mass is 230 g/mol. The lowest BCUT2D eigenvalue weighted by molar-refractivity contribution is -0.341. The van der Waals surface area contributed by atoms with Gasteiger partial charge in [0.25, 0.3) is 0 Å². The van der Waals surface area contributed by atoms with E-state index >= 15 is 0 Å². The SMILES string of the molecule is O=C1C[C@@]2(CC[C@@]23CCC32CCC2)C12CCC2. The molecule has 5 aliphatic rings. The maximum absolute atomic E-state index is 12.2. The standard InChI is InChI=1S/C16H22O/c17-12-11-16(14(12)5-2-6-14)10-9-15(16)8-7-13(15)3-1-4-13/h1-11H2/t15-,16+/m1/s1. The Bertz CT molecular complexity index is 419. The Kier molecular flexibility index (Phi) is 1.34. The molecule has 0 bridgehead atoms. The van der Waals surface area contributed by atoms with Crippen molar-refractivity contribution < 1.29 is 4.79 Å². The molecule has 0 aromatic rings. The first-order valence-electron chi connectivity index (χ1n) is 7.74. The van der Waals surface area contributed by atoms with Crippen LogP contribution in [0.4, 0.5) is 0 Å². The summed E-state index contributed by atoms with van der Waals surface area (Å²) in [5.41, 5.74) is 2.18. The summed E-state index contributed by atoms with van der Waals surface area (Å²) in [5.74, 6) is 0.657. The van der Waals surface area contributed by atoms with E-state index in [2.05, 4.69) is 0 Å². The molecular weight excluding hydrogens is 208 g/mol. The molecule has 0 radical (unpaired) electrons. The Morgan fingerprint density at radius 1 is 0.706 bits per heavy atom. The lowest BCUT2D eigenvalue weighted by Crippen LogP contribution is -2.80. The predicted octanol–water partition coefficient (Wildman–Crippen LogP) is 3.86. The summed E-state index contributed by atoms with van der Waals surface area (Å²) in [6.45, 7) is 0. The van der Waals surface area contributed by atoms with E-state index in [9.17, 15) is 4.79 Å². The third-order valence-corrected chi connectivity index (χ3v) is 8.37. The number of hydrogen-bond acceptors (Lipinski definition) is 1. The molecule has 0 aromatic heterocycles. The van der Waals surface area contributed by atoms with E-state index in [0.717, 1.165) is 11.8 Å². The van der Waals surface area contributed by atoms with E-state index in [1.54, 1.807) is 0 Å². The minimum Gasteiger partial charge on any atom is -0.299 e. The Hall–Kier alpha value is -0.330. The van der Waals surface area contributed by atoms with Gasteiger partial charge in [-0.2, -0.15) is 0 Å². The molecule has 2 atom stereocenters. The van der Waals surface area contributed by atoms with E-state index in [4.69, 9.17) is 0 Å². The number of carbonyl (C=O) groups is 1. The van der Waals surface area contributed by atoms with Gasteiger partial charge in [-0.1, -0.05) is 12.8 Å². The highest BCUT2D eigenvalue weighted by molar-refractivity contribution is 5.95. The highest BCUT2D eigenvalue weighted by atomic mass is 16.1. The highest BCUT2D eigenvalue weighted by Gasteiger charge is 2.84. The molecule has 0 unspecified atom stereocenters. The zero-order valence-electron chi connectivity index (χ0n) is 10.7. The number of fused-ring (bicyclic) bond motifs is 3. The molecule has 4 spiro atoms. The largest absolute Gasteiger partial charge is 0.299 e. The van der Waals surface area contributed by atoms with E-state index in [0.29, 0.717) is 16.6 Å². The summed E-state index contributed by atoms with van der Waals surface area (Å²) in [6, 6.07) is 0. The Morgan fingerprint density at radius 2 is 1.35 bits per heavy atom. The van der Waals surface area contributed by atoms with Crippen LogP contribution < -0.4 is 0 Å². The number of ketones is 1. The average Bonchev–Trinajstić information content (AvgIpc) is 2.04. The van der Waals surface area contributed by atoms with Crippen LogP contribution in [0.5, 0.6) is 0 Å². The number of hydrogen-bond donors (Lipinski definition) is 0. The Morgan fingerprint density at radius 3 is 1.65 bits per heavy atom. The second kappa shape index (κ2) is 2.38. The minimum absolute atomic E-state index is 0.230. The van der Waals surface area contributed by atoms with Crippen molar-refractivity contribution in [1.82, 2.24) is 0 Å². The van der Waals surface area contributed by atoms with Crippen LogP contribution in [-0.4, -0.2) is 5.78 Å². The maximum atomic E-state index is 12.2. The van der Waals surface area contributed by atoms with Crippen LogP contribution in [0.1, 0.15) is 70.6 Å². The van der Waals surface area contributed by atoms with E-state index in [1.807, 2.05) is 0 Å². The van der Waals surface area contributed by atoms with Crippen LogP contribution in [0.15, 0.2) is 0 Å². The van der Waals surface area contributed by atoms with Gasteiger partial charge < -0.3 is 0 Å². The Labute approximate surface area is 103 Å². The van der Waals surface area contributed by atoms with E-state index < -0.39 is 0 Å². The molecule has 1 nitrogen and oxygen atoms in total. The topological polar surface area (TPSA) is 17.1 Å². The maximum Gasteiger partial charge on any atom is 0.140 e. The first-order chi connectivity index (χ1) is 8.21. The summed E-state index contributed by atoms with van der Waals surface area (Å²) in [5, 5.41) is 0. The third kappa shape index (κ3) is 0.639. The summed E-state index contributed by atoms with van der Waals surface area (Å²) in [7, 11) is 0. The molecule has 92 valence electrons. The number of Topliss-reactive ketones (excluding diaryl/α,β-unsaturated/α-hetero) is 1. The number of carbonyl (C=O) groups excluding carboxylic acids is 1. The van der Waals surface area contributed by atoms with Crippen molar-refractivity contribution >= 4 is 5.78 Å². The van der Waals surface area contributed by atoms with Crippen molar-refractivity contribution in [2.45, 2.75) is 70.6 Å². The molecule has 0 amide bonds. The minimum atomic E-state index is 0.230. The van der Waals surface area contributed by atoms with Crippen LogP contribution in [-0.2, 0) is 4.79 Å². The zero-order chi connectivity index (χ0) is 11.4. The second-order valence-electron chi connectivity index (χ2n) is 7.83. The van der Waals surface area contributed by atoms with Crippen LogP contribution in [0.25, 0.3) is 0 Å². The molecule has 5 fully saturated rings. The molecule has 0 aliphatic heterocycles. The smallest absolute Gasteiger partial charge is 0.140 e. The van der Waals surface area contributed by atoms with Gasteiger partial charge in [-0.25, -0.2) is 0 Å². The lowest BCUT2D eigenvalue weighted by Gasteiger charge is -2.85. The van der Waals surface area contributed by atoms with Crippen molar-refractivity contribution in [3.63, 3.8) is 0 Å². The van der Waals surface area contributed by atoms with Crippen LogP contribution in [0.3, 0.4) is 0 Å². The van der Waals surface area contributed by atoms with Crippen molar-refractivity contribution in [2.24, 2.45) is 21.7 Å². The fraction of sp³-hybridized carbons (Fsp3) is 0.938. The summed E-state index contributed by atoms with van der Waals surface area (Å²) >= 11 is 0. The summed E-state index contributed by atoms with van der Waals surface area (Å²) < 4.78 is 0. The molecule has 0 heterocycles. The van der Waals surface area contributed by atoms with Gasteiger partial charge in [0.05, 0.1) is 0 Å². The van der Waals surface area contributed by atoms with Gasteiger partial charge >= 0.3 is 0 Å². The first kappa shape index (κ1) is 9.58. The zero-order valence-corrected chi connectivity index (χ0v) is 10.7. The molecule has 1 heteroatoms. The molecule has 17 heavy (non-hydrogen) atoms. The second-order valence-corrected chi connectivity index (χ2v) is 7.83. The van der Waals surface area contributed by atoms with Crippen molar-refractivity contribution in [2.75, 3.05) is 0 Å². The van der Waals surface area contributed by atoms with Crippen molar-refractivity contribution in [3.8, 4) is 0 Å². The molecule has 5 rings (SSSR count). The van der Waals surface area contributed by atoms with Gasteiger partial charge in [0.15, 0.2) is 0 Å². The van der Waals surface area contributed by atoms with Gasteiger partial charge in [0, 0.05) is 11.8 Å². The van der Waals surface area contributed by atoms with Gasteiger partial charge in [-0.3, -0.25) is 4.79 Å². The predicted molar refractivity (Wildman–Crippen MR) is 65.5 cm³/mol. The van der Waals surface area contributed by atoms with Gasteiger partial charge in [0.2, 0.25) is 0 Å². The van der Waals surface area contributed by atoms with Crippen molar-refractivity contribution in [1.29, 1.82) is 0 Å². The molecular formula is C16H22O. The third-order valence-electron chi connectivity index (χ3n) is 8.37. The van der Waals surface area contributed by atoms with E-state index in [-0.39, 0.29) is 5.41 Å². The Balaban J connectivity index is 1.59.